The van der Waals surface area contributed by atoms with Gasteiger partial charge in [-0.25, -0.2) is 19.2 Å². The monoisotopic (exact) mass is 641 g/mol. The number of aromatic carboxylic acids is 1. The first-order valence-corrected chi connectivity index (χ1v) is 15.7. The summed E-state index contributed by atoms with van der Waals surface area (Å²) in [6.45, 7) is 0. The maximum absolute atomic E-state index is 14.2. The number of carbonyl (C=O) groups is 1. The van der Waals surface area contributed by atoms with Gasteiger partial charge in [0.1, 0.15) is 29.2 Å². The van der Waals surface area contributed by atoms with Crippen LogP contribution in [-0.2, 0) is 5.54 Å². The van der Waals surface area contributed by atoms with E-state index >= 15 is 0 Å². The average Bonchev–Trinajstić information content (AvgIpc) is 3.79. The number of rotatable bonds is 8. The van der Waals surface area contributed by atoms with Gasteiger partial charge in [0, 0.05) is 23.5 Å². The maximum Gasteiger partial charge on any atom is 0.337 e. The fourth-order valence-corrected chi connectivity index (χ4v) is 6.53. The highest BCUT2D eigenvalue weighted by atomic mass is 19.1. The summed E-state index contributed by atoms with van der Waals surface area (Å²) in [6, 6.07) is 46.5. The van der Waals surface area contributed by atoms with Crippen molar-refractivity contribution in [2.75, 3.05) is 0 Å². The Bertz CT molecular complexity index is 2310. The van der Waals surface area contributed by atoms with Crippen LogP contribution in [0.25, 0.3) is 39.2 Å². The van der Waals surface area contributed by atoms with Crippen LogP contribution < -0.4 is 0 Å². The van der Waals surface area contributed by atoms with E-state index in [1.807, 2.05) is 82.0 Å². The molecule has 3 heterocycles. The number of hydrogen-bond donors (Lipinski definition) is 1. The van der Waals surface area contributed by atoms with Crippen molar-refractivity contribution in [2.45, 2.75) is 5.54 Å². The van der Waals surface area contributed by atoms with Crippen molar-refractivity contribution in [3.63, 3.8) is 0 Å². The Hall–Kier alpha value is -6.67. The first kappa shape index (κ1) is 29.7. The molecule has 0 spiro atoms. The fourth-order valence-electron chi connectivity index (χ4n) is 6.53. The van der Waals surface area contributed by atoms with Gasteiger partial charge >= 0.3 is 5.97 Å². The van der Waals surface area contributed by atoms with Crippen molar-refractivity contribution < 1.29 is 14.3 Å². The van der Waals surface area contributed by atoms with Gasteiger partial charge in [-0.3, -0.25) is 9.25 Å². The minimum atomic E-state index is -1.04. The highest BCUT2D eigenvalue weighted by molar-refractivity contribution is 5.89. The van der Waals surface area contributed by atoms with Gasteiger partial charge in [-0.2, -0.15) is 5.10 Å². The highest BCUT2D eigenvalue weighted by Crippen LogP contribution is 2.43. The van der Waals surface area contributed by atoms with Gasteiger partial charge in [0.2, 0.25) is 0 Å². The Labute approximate surface area is 281 Å². The third-order valence-electron chi connectivity index (χ3n) is 8.85. The number of pyridine rings is 1. The van der Waals surface area contributed by atoms with E-state index in [2.05, 4.69) is 52.6 Å². The van der Waals surface area contributed by atoms with Gasteiger partial charge in [0.25, 0.3) is 0 Å². The van der Waals surface area contributed by atoms with E-state index in [0.717, 1.165) is 44.4 Å². The molecule has 0 radical (unpaired) electrons. The lowest BCUT2D eigenvalue weighted by molar-refractivity contribution is 0.0696. The molecule has 0 amide bonds. The van der Waals surface area contributed by atoms with E-state index in [1.165, 1.54) is 24.4 Å². The molecule has 0 aliphatic heterocycles. The van der Waals surface area contributed by atoms with Crippen LogP contribution in [0, 0.1) is 5.82 Å². The summed E-state index contributed by atoms with van der Waals surface area (Å²) in [5.74, 6) is -0.834. The molecule has 5 aromatic carbocycles. The van der Waals surface area contributed by atoms with Crippen LogP contribution in [0.4, 0.5) is 4.39 Å². The molecule has 0 aliphatic rings. The van der Waals surface area contributed by atoms with Crippen LogP contribution >= 0.6 is 0 Å². The number of halogens is 1. The first-order valence-electron chi connectivity index (χ1n) is 15.7. The van der Waals surface area contributed by atoms with E-state index in [4.69, 9.17) is 5.10 Å². The zero-order valence-corrected chi connectivity index (χ0v) is 26.1. The molecular formula is C41H28FN5O2. The molecule has 0 saturated heterocycles. The summed E-state index contributed by atoms with van der Waals surface area (Å²) < 4.78 is 18.1. The van der Waals surface area contributed by atoms with Crippen molar-refractivity contribution in [1.29, 1.82) is 0 Å². The number of benzene rings is 5. The molecule has 0 aliphatic carbocycles. The van der Waals surface area contributed by atoms with Crippen LogP contribution in [-0.4, -0.2) is 35.4 Å². The van der Waals surface area contributed by atoms with Crippen molar-refractivity contribution in [1.82, 2.24) is 24.3 Å². The molecule has 0 atom stereocenters. The smallest absolute Gasteiger partial charge is 0.337 e. The Kier molecular flexibility index (Phi) is 7.38. The van der Waals surface area contributed by atoms with E-state index in [0.29, 0.717) is 11.5 Å². The van der Waals surface area contributed by atoms with Gasteiger partial charge in [-0.1, -0.05) is 97.1 Å². The number of carboxylic acids is 1. The number of hydrogen-bond acceptors (Lipinski definition) is 4. The molecule has 3 aromatic heterocycles. The lowest BCUT2D eigenvalue weighted by Crippen LogP contribution is -2.38. The van der Waals surface area contributed by atoms with Gasteiger partial charge < -0.3 is 5.11 Å². The molecular weight excluding hydrogens is 613 g/mol. The van der Waals surface area contributed by atoms with E-state index in [1.54, 1.807) is 24.5 Å². The minimum absolute atomic E-state index is 0.101. The topological polar surface area (TPSA) is 85.8 Å². The number of carboxylic acid groups (broad SMARTS) is 1. The molecule has 7 nitrogen and oxygen atoms in total. The van der Waals surface area contributed by atoms with Crippen LogP contribution in [0.5, 0.6) is 0 Å². The lowest BCUT2D eigenvalue weighted by Gasteiger charge is -2.36. The molecule has 1 N–H and O–H groups in total. The molecule has 236 valence electrons. The third kappa shape index (κ3) is 5.16. The molecule has 0 saturated carbocycles. The van der Waals surface area contributed by atoms with E-state index in [9.17, 15) is 14.3 Å². The quantitative estimate of drug-likeness (QED) is 0.168. The van der Waals surface area contributed by atoms with Gasteiger partial charge in [-0.15, -0.1) is 0 Å². The van der Waals surface area contributed by atoms with E-state index < -0.39 is 11.5 Å². The molecule has 8 aromatic rings. The largest absolute Gasteiger partial charge is 0.478 e. The maximum atomic E-state index is 14.2. The van der Waals surface area contributed by atoms with E-state index in [-0.39, 0.29) is 11.4 Å². The van der Waals surface area contributed by atoms with Crippen LogP contribution in [0.3, 0.4) is 0 Å². The summed E-state index contributed by atoms with van der Waals surface area (Å²) in [4.78, 5) is 20.4. The number of imidazole rings is 1. The SMILES string of the molecule is O=C(O)c1ccc(-n2cnc3ccc(-c4cn(C(c5ccccc5)(c5ccccc5)c5ccccc5)nc4-c4ccc(F)cc4)cc32)nc1. The third-order valence-corrected chi connectivity index (χ3v) is 8.85. The second-order valence-electron chi connectivity index (χ2n) is 11.7. The highest BCUT2D eigenvalue weighted by Gasteiger charge is 2.40. The second-order valence-corrected chi connectivity index (χ2v) is 11.7. The minimum Gasteiger partial charge on any atom is -0.478 e. The Morgan fingerprint density at radius 1 is 0.673 bits per heavy atom. The number of fused-ring (bicyclic) bond motifs is 1. The van der Waals surface area contributed by atoms with Crippen molar-refractivity contribution in [3.8, 4) is 28.2 Å². The summed E-state index contributed by atoms with van der Waals surface area (Å²) >= 11 is 0. The summed E-state index contributed by atoms with van der Waals surface area (Å²) in [5, 5.41) is 14.7. The van der Waals surface area contributed by atoms with Crippen LogP contribution in [0.2, 0.25) is 0 Å². The van der Waals surface area contributed by atoms with Crippen molar-refractivity contribution >= 4 is 17.0 Å². The Balaban J connectivity index is 1.40. The predicted molar refractivity (Wildman–Crippen MR) is 187 cm³/mol. The van der Waals surface area contributed by atoms with Crippen molar-refractivity contribution in [2.24, 2.45) is 0 Å². The van der Waals surface area contributed by atoms with Gasteiger partial charge in [-0.05, 0) is 70.8 Å². The average molecular weight is 642 g/mol. The van der Waals surface area contributed by atoms with Gasteiger partial charge in [0.05, 0.1) is 16.6 Å². The molecule has 8 heteroatoms. The summed E-state index contributed by atoms with van der Waals surface area (Å²) in [5.41, 5.74) is 6.99. The molecule has 0 bridgehead atoms. The standard InChI is InChI=1S/C41H28FN5O2/c42-34-20-16-28(17-21-34)39-35(29-18-22-36-37(24-29)46(27-44-36)38-23-19-30(25-43-38)40(48)49)26-47(45-39)41(31-10-4-1-5-11-31,32-12-6-2-7-13-32)33-14-8-3-9-15-33/h1-27H,(H,48,49). The van der Waals surface area contributed by atoms with Crippen LogP contribution in [0.15, 0.2) is 164 Å². The fraction of sp³-hybridized carbons (Fsp3) is 0.0244. The predicted octanol–water partition coefficient (Wildman–Crippen LogP) is 8.63. The number of nitrogens with zero attached hydrogens (tertiary/aromatic N) is 5. The first-order chi connectivity index (χ1) is 24.0. The molecule has 8 rings (SSSR count). The molecule has 0 fully saturated rings. The molecule has 49 heavy (non-hydrogen) atoms. The zero-order valence-electron chi connectivity index (χ0n) is 26.1. The number of aromatic nitrogens is 5. The van der Waals surface area contributed by atoms with Crippen molar-refractivity contribution in [3.05, 3.63) is 192 Å². The second kappa shape index (κ2) is 12.2. The summed E-state index contributed by atoms with van der Waals surface area (Å²) in [6.07, 6.45) is 5.07. The Morgan fingerprint density at radius 3 is 1.82 bits per heavy atom. The Morgan fingerprint density at radius 2 is 1.27 bits per heavy atom. The zero-order chi connectivity index (χ0) is 33.4. The summed E-state index contributed by atoms with van der Waals surface area (Å²) in [7, 11) is 0. The van der Waals surface area contributed by atoms with Crippen LogP contribution in [0.1, 0.15) is 27.0 Å². The molecule has 0 unspecified atom stereocenters. The van der Waals surface area contributed by atoms with Gasteiger partial charge in [0.15, 0.2) is 0 Å². The normalized spacial score (nSPS) is 11.5. The lowest BCUT2D eigenvalue weighted by atomic mass is 9.77.